The highest BCUT2D eigenvalue weighted by atomic mass is 35.5. The van der Waals surface area contributed by atoms with Crippen LogP contribution in [0, 0.1) is 0 Å². The van der Waals surface area contributed by atoms with Crippen LogP contribution < -0.4 is 15.0 Å². The summed E-state index contributed by atoms with van der Waals surface area (Å²) in [6, 6.07) is 14.7. The largest absolute Gasteiger partial charge is 0.477 e. The van der Waals surface area contributed by atoms with E-state index in [2.05, 4.69) is 26.3 Å². The van der Waals surface area contributed by atoms with Crippen LogP contribution in [0.3, 0.4) is 0 Å². The number of anilines is 1. The first kappa shape index (κ1) is 24.7. The standard InChI is InChI=1S/C14H21N3O2.C10H7NO2.ClH/c1-2-13(17-8-10-18-11-9-17)14(16-5-1)19-12-3-6-15-7-4-12;12-10(13)9-6-5-7-3-1-2-4-8(7)11-9;/h1-2,5,12,15H,3-4,6-11H2;1-6H,(H,12,13);1H. The third-order valence-electron chi connectivity index (χ3n) is 5.48. The van der Waals surface area contributed by atoms with Gasteiger partial charge in [-0.15, -0.1) is 12.4 Å². The monoisotopic (exact) mass is 472 g/mol. The first-order valence-electron chi connectivity index (χ1n) is 10.9. The number of halogens is 1. The van der Waals surface area contributed by atoms with Gasteiger partial charge in [0, 0.05) is 24.7 Å². The summed E-state index contributed by atoms with van der Waals surface area (Å²) in [5.41, 5.74) is 1.89. The third kappa shape index (κ3) is 6.77. The van der Waals surface area contributed by atoms with Crippen LogP contribution in [0.15, 0.2) is 54.7 Å². The van der Waals surface area contributed by atoms with Crippen LogP contribution >= 0.6 is 12.4 Å². The lowest BCUT2D eigenvalue weighted by Gasteiger charge is -2.31. The first-order chi connectivity index (χ1) is 15.7. The van der Waals surface area contributed by atoms with Crippen LogP contribution in [0.2, 0.25) is 0 Å². The van der Waals surface area contributed by atoms with Gasteiger partial charge in [0.1, 0.15) is 17.5 Å². The number of pyridine rings is 2. The number of morpholine rings is 1. The van der Waals surface area contributed by atoms with Crippen molar-refractivity contribution in [1.82, 2.24) is 15.3 Å². The van der Waals surface area contributed by atoms with E-state index in [-0.39, 0.29) is 24.2 Å². The molecule has 0 radical (unpaired) electrons. The van der Waals surface area contributed by atoms with Gasteiger partial charge in [0.2, 0.25) is 5.88 Å². The Kier molecular flexibility index (Phi) is 9.24. The van der Waals surface area contributed by atoms with Gasteiger partial charge in [0.15, 0.2) is 0 Å². The summed E-state index contributed by atoms with van der Waals surface area (Å²) in [6.07, 6.45) is 4.20. The van der Waals surface area contributed by atoms with Crippen LogP contribution in [0.5, 0.6) is 5.88 Å². The molecule has 0 aliphatic carbocycles. The number of carboxylic acid groups (broad SMARTS) is 1. The van der Waals surface area contributed by atoms with E-state index in [9.17, 15) is 4.79 Å². The number of piperidine rings is 1. The predicted octanol–water partition coefficient (Wildman–Crippen LogP) is 3.40. The van der Waals surface area contributed by atoms with Crippen molar-refractivity contribution in [2.24, 2.45) is 0 Å². The summed E-state index contributed by atoms with van der Waals surface area (Å²) in [4.78, 5) is 21.3. The van der Waals surface area contributed by atoms with E-state index in [4.69, 9.17) is 14.6 Å². The molecule has 0 saturated carbocycles. The summed E-state index contributed by atoms with van der Waals surface area (Å²) in [5.74, 6) is -0.220. The number of fused-ring (bicyclic) bond motifs is 1. The number of rotatable bonds is 4. The maximum atomic E-state index is 10.6. The molecule has 0 bridgehead atoms. The first-order valence-corrected chi connectivity index (χ1v) is 10.9. The maximum absolute atomic E-state index is 10.6. The van der Waals surface area contributed by atoms with Crippen molar-refractivity contribution in [3.8, 4) is 5.88 Å². The topological polar surface area (TPSA) is 96.8 Å². The fourth-order valence-electron chi connectivity index (χ4n) is 3.77. The van der Waals surface area contributed by atoms with E-state index in [1.165, 1.54) is 6.07 Å². The van der Waals surface area contributed by atoms with Gasteiger partial charge in [-0.2, -0.15) is 0 Å². The lowest BCUT2D eigenvalue weighted by atomic mass is 10.1. The number of nitrogens with one attached hydrogen (secondary N) is 1. The lowest BCUT2D eigenvalue weighted by Crippen LogP contribution is -2.37. The normalized spacial score (nSPS) is 16.3. The predicted molar refractivity (Wildman–Crippen MR) is 130 cm³/mol. The van der Waals surface area contributed by atoms with Crippen LogP contribution in [0.25, 0.3) is 10.9 Å². The van der Waals surface area contributed by atoms with E-state index in [1.54, 1.807) is 18.3 Å². The molecule has 1 aromatic carbocycles. The van der Waals surface area contributed by atoms with Crippen molar-refractivity contribution in [2.75, 3.05) is 44.3 Å². The van der Waals surface area contributed by atoms with Gasteiger partial charge in [0.25, 0.3) is 0 Å². The lowest BCUT2D eigenvalue weighted by molar-refractivity contribution is 0.0691. The van der Waals surface area contributed by atoms with Crippen molar-refractivity contribution >= 4 is 35.0 Å². The van der Waals surface area contributed by atoms with Crippen molar-refractivity contribution in [3.05, 3.63) is 60.4 Å². The minimum atomic E-state index is -0.995. The van der Waals surface area contributed by atoms with Crippen molar-refractivity contribution in [3.63, 3.8) is 0 Å². The van der Waals surface area contributed by atoms with Gasteiger partial charge in [-0.25, -0.2) is 14.8 Å². The molecular weight excluding hydrogens is 444 g/mol. The summed E-state index contributed by atoms with van der Waals surface area (Å²) < 4.78 is 11.5. The SMILES string of the molecule is Cl.O=C(O)c1ccc2ccccc2n1.c1cnc(OC2CCNCC2)c(N2CCOCC2)c1. The van der Waals surface area contributed by atoms with E-state index >= 15 is 0 Å². The molecule has 0 amide bonds. The molecule has 2 aliphatic heterocycles. The van der Waals surface area contributed by atoms with Crippen molar-refractivity contribution in [2.45, 2.75) is 18.9 Å². The number of hydrogen-bond acceptors (Lipinski definition) is 7. The molecule has 176 valence electrons. The molecule has 2 aliphatic rings. The van der Waals surface area contributed by atoms with Gasteiger partial charge in [-0.1, -0.05) is 24.3 Å². The molecule has 33 heavy (non-hydrogen) atoms. The van der Waals surface area contributed by atoms with Gasteiger partial charge >= 0.3 is 5.97 Å². The Morgan fingerprint density at radius 3 is 2.58 bits per heavy atom. The quantitative estimate of drug-likeness (QED) is 0.596. The Hall–Kier alpha value is -2.94. The second-order valence-corrected chi connectivity index (χ2v) is 7.69. The Balaban J connectivity index is 0.000000192. The van der Waals surface area contributed by atoms with E-state index in [0.29, 0.717) is 5.52 Å². The summed E-state index contributed by atoms with van der Waals surface area (Å²) in [7, 11) is 0. The van der Waals surface area contributed by atoms with Crippen molar-refractivity contribution in [1.29, 1.82) is 0 Å². The zero-order chi connectivity index (χ0) is 22.2. The zero-order valence-corrected chi connectivity index (χ0v) is 19.2. The average Bonchev–Trinajstić information content (AvgIpc) is 2.86. The van der Waals surface area contributed by atoms with Crippen LogP contribution in [0.1, 0.15) is 23.3 Å². The number of para-hydroxylation sites is 1. The van der Waals surface area contributed by atoms with Crippen LogP contribution in [-0.2, 0) is 4.74 Å². The number of aromatic carboxylic acids is 1. The molecule has 2 saturated heterocycles. The Labute approximate surface area is 199 Å². The number of benzene rings is 1. The number of aromatic nitrogens is 2. The number of carbonyl (C=O) groups is 1. The minimum absolute atomic E-state index is 0. The summed E-state index contributed by atoms with van der Waals surface area (Å²) >= 11 is 0. The molecule has 9 heteroatoms. The zero-order valence-electron chi connectivity index (χ0n) is 18.4. The minimum Gasteiger partial charge on any atom is -0.477 e. The fourth-order valence-corrected chi connectivity index (χ4v) is 3.77. The molecule has 2 fully saturated rings. The van der Waals surface area contributed by atoms with Crippen LogP contribution in [0.4, 0.5) is 5.69 Å². The third-order valence-corrected chi connectivity index (χ3v) is 5.48. The molecule has 8 nitrogen and oxygen atoms in total. The number of ether oxygens (including phenoxy) is 2. The molecule has 2 N–H and O–H groups in total. The molecule has 2 aromatic heterocycles. The number of carboxylic acids is 1. The van der Waals surface area contributed by atoms with Crippen LogP contribution in [-0.4, -0.2) is 66.5 Å². The summed E-state index contributed by atoms with van der Waals surface area (Å²) in [6.45, 7) is 5.45. The molecule has 0 atom stereocenters. The molecule has 0 spiro atoms. The van der Waals surface area contributed by atoms with Crippen molar-refractivity contribution < 1.29 is 19.4 Å². The van der Waals surface area contributed by atoms with Gasteiger partial charge in [-0.05, 0) is 50.2 Å². The number of nitrogens with zero attached hydrogens (tertiary/aromatic N) is 3. The van der Waals surface area contributed by atoms with Gasteiger partial charge in [0.05, 0.1) is 18.7 Å². The van der Waals surface area contributed by atoms with Gasteiger partial charge < -0.3 is 24.8 Å². The highest BCUT2D eigenvalue weighted by Crippen LogP contribution is 2.28. The second kappa shape index (κ2) is 12.3. The Bertz CT molecular complexity index is 1040. The van der Waals surface area contributed by atoms with E-state index in [1.807, 2.05) is 24.3 Å². The average molecular weight is 473 g/mol. The van der Waals surface area contributed by atoms with E-state index < -0.39 is 5.97 Å². The molecule has 0 unspecified atom stereocenters. The fraction of sp³-hybridized carbons (Fsp3) is 0.375. The van der Waals surface area contributed by atoms with Gasteiger partial charge in [-0.3, -0.25) is 0 Å². The molecular formula is C24H29ClN4O4. The number of hydrogen-bond donors (Lipinski definition) is 2. The highest BCUT2D eigenvalue weighted by Gasteiger charge is 2.20. The summed E-state index contributed by atoms with van der Waals surface area (Å²) in [5, 5.41) is 13.0. The molecule has 3 aromatic rings. The maximum Gasteiger partial charge on any atom is 0.354 e. The van der Waals surface area contributed by atoms with E-state index in [0.717, 1.165) is 69.2 Å². The Morgan fingerprint density at radius 1 is 1.06 bits per heavy atom. The Morgan fingerprint density at radius 2 is 1.82 bits per heavy atom. The highest BCUT2D eigenvalue weighted by molar-refractivity contribution is 5.89. The smallest absolute Gasteiger partial charge is 0.354 e. The molecule has 4 heterocycles. The second-order valence-electron chi connectivity index (χ2n) is 7.69. The molecule has 5 rings (SSSR count).